The molecule has 1 atom stereocenters. The molecule has 2 aromatic carbocycles. The Hall–Kier alpha value is -2.76. The van der Waals surface area contributed by atoms with E-state index in [0.717, 1.165) is 23.2 Å². The van der Waals surface area contributed by atoms with E-state index >= 15 is 0 Å². The normalized spacial score (nSPS) is 17.6. The van der Waals surface area contributed by atoms with E-state index in [1.807, 2.05) is 31.2 Å². The number of amidine groups is 2. The van der Waals surface area contributed by atoms with Crippen LogP contribution in [-0.4, -0.2) is 44.7 Å². The highest BCUT2D eigenvalue weighted by Gasteiger charge is 2.43. The van der Waals surface area contributed by atoms with Gasteiger partial charge in [-0.1, -0.05) is 41.8 Å². The van der Waals surface area contributed by atoms with Gasteiger partial charge in [0.2, 0.25) is 5.91 Å². The molecular formula is C21H17FN4O3S3. The van der Waals surface area contributed by atoms with Crippen LogP contribution in [0.25, 0.3) is 0 Å². The molecule has 1 N–H and O–H groups in total. The van der Waals surface area contributed by atoms with E-state index < -0.39 is 11.1 Å². The van der Waals surface area contributed by atoms with Crippen molar-refractivity contribution in [2.24, 2.45) is 9.98 Å². The lowest BCUT2D eigenvalue weighted by Gasteiger charge is -2.21. The van der Waals surface area contributed by atoms with Gasteiger partial charge in [0, 0.05) is 11.4 Å². The Balaban J connectivity index is 1.47. The van der Waals surface area contributed by atoms with Crippen LogP contribution in [0.4, 0.5) is 15.8 Å². The molecule has 32 heavy (non-hydrogen) atoms. The highest BCUT2D eigenvalue weighted by molar-refractivity contribution is 8.25. The zero-order valence-corrected chi connectivity index (χ0v) is 19.2. The number of thioether (sulfide) groups is 2. The lowest BCUT2D eigenvalue weighted by Crippen LogP contribution is -2.37. The molecule has 1 fully saturated rings. The minimum Gasteiger partial charge on any atom is -0.494 e. The largest absolute Gasteiger partial charge is 0.494 e. The first-order chi connectivity index (χ1) is 15.4. The van der Waals surface area contributed by atoms with Crippen molar-refractivity contribution < 1.29 is 18.7 Å². The maximum Gasteiger partial charge on any atom is 0.269 e. The summed E-state index contributed by atoms with van der Waals surface area (Å²) >= 11 is 7.72. The maximum absolute atomic E-state index is 13.3. The zero-order valence-electron chi connectivity index (χ0n) is 16.8. The average Bonchev–Trinajstić information content (AvgIpc) is 3.10. The number of carbonyl (C=O) groups is 2. The van der Waals surface area contributed by atoms with E-state index in [4.69, 9.17) is 17.0 Å². The topological polar surface area (TPSA) is 83.4 Å². The SMILES string of the molecule is CCOc1ccc(N2C(=S)SC3C(=O)N=C(SCC(=O)Nc4cccc(F)c4)N=C32)cc1. The van der Waals surface area contributed by atoms with Crippen molar-refractivity contribution in [1.29, 1.82) is 0 Å². The molecule has 7 nitrogen and oxygen atoms in total. The highest BCUT2D eigenvalue weighted by Crippen LogP contribution is 2.36. The summed E-state index contributed by atoms with van der Waals surface area (Å²) in [4.78, 5) is 35.0. The van der Waals surface area contributed by atoms with Gasteiger partial charge in [-0.25, -0.2) is 9.38 Å². The molecule has 164 valence electrons. The maximum atomic E-state index is 13.3. The number of benzene rings is 2. The lowest BCUT2D eigenvalue weighted by molar-refractivity contribution is -0.116. The Bertz CT molecular complexity index is 1140. The fourth-order valence-electron chi connectivity index (χ4n) is 3.02. The molecule has 0 radical (unpaired) electrons. The third-order valence-electron chi connectivity index (χ3n) is 4.35. The number of anilines is 2. The van der Waals surface area contributed by atoms with Crippen LogP contribution >= 0.6 is 35.7 Å². The molecule has 2 amide bonds. The Labute approximate surface area is 197 Å². The number of thiocarbonyl (C=S) groups is 1. The number of amides is 2. The van der Waals surface area contributed by atoms with Crippen LogP contribution in [-0.2, 0) is 9.59 Å². The van der Waals surface area contributed by atoms with Gasteiger partial charge < -0.3 is 10.1 Å². The number of rotatable bonds is 6. The van der Waals surface area contributed by atoms with Gasteiger partial charge in [0.05, 0.1) is 12.4 Å². The highest BCUT2D eigenvalue weighted by atomic mass is 32.2. The van der Waals surface area contributed by atoms with Gasteiger partial charge in [0.15, 0.2) is 10.4 Å². The first-order valence-electron chi connectivity index (χ1n) is 9.57. The van der Waals surface area contributed by atoms with Crippen molar-refractivity contribution in [2.75, 3.05) is 22.6 Å². The van der Waals surface area contributed by atoms with Gasteiger partial charge in [-0.15, -0.1) is 0 Å². The molecule has 0 aliphatic carbocycles. The van der Waals surface area contributed by atoms with E-state index in [1.165, 1.54) is 30.0 Å². The second kappa shape index (κ2) is 9.80. The Kier molecular flexibility index (Phi) is 6.87. The standard InChI is InChI=1S/C21H17FN4O3S3/c1-2-29-15-8-6-14(7-9-15)26-18-17(32-21(26)30)19(28)25-20(24-18)31-11-16(27)23-13-5-3-4-12(22)10-13/h3-10,17H,2,11H2,1H3,(H,23,27). The number of hydrogen-bond donors (Lipinski definition) is 1. The third-order valence-corrected chi connectivity index (χ3v) is 6.70. The minimum absolute atomic E-state index is 0.0370. The number of nitrogens with one attached hydrogen (secondary N) is 1. The number of carbonyl (C=O) groups excluding carboxylic acids is 2. The number of fused-ring (bicyclic) bond motifs is 1. The van der Waals surface area contributed by atoms with Crippen LogP contribution in [0, 0.1) is 5.82 Å². The quantitative estimate of drug-likeness (QED) is 0.613. The number of hydrogen-bond acceptors (Lipinski definition) is 7. The predicted molar refractivity (Wildman–Crippen MR) is 131 cm³/mol. The number of halogens is 1. The molecular weight excluding hydrogens is 471 g/mol. The molecule has 0 saturated carbocycles. The monoisotopic (exact) mass is 488 g/mol. The van der Waals surface area contributed by atoms with Crippen LogP contribution in [0.2, 0.25) is 0 Å². The lowest BCUT2D eigenvalue weighted by atomic mass is 10.2. The van der Waals surface area contributed by atoms with Crippen LogP contribution in [0.3, 0.4) is 0 Å². The van der Waals surface area contributed by atoms with Crippen molar-refractivity contribution in [3.05, 3.63) is 54.3 Å². The van der Waals surface area contributed by atoms with Crippen molar-refractivity contribution >= 4 is 74.3 Å². The van der Waals surface area contributed by atoms with E-state index in [0.29, 0.717) is 22.5 Å². The minimum atomic E-state index is -0.612. The summed E-state index contributed by atoms with van der Waals surface area (Å²) in [6.45, 7) is 2.47. The fraction of sp³-hybridized carbons (Fsp3) is 0.190. The van der Waals surface area contributed by atoms with E-state index in [1.54, 1.807) is 11.0 Å². The summed E-state index contributed by atoms with van der Waals surface area (Å²) in [5.41, 5.74) is 1.11. The van der Waals surface area contributed by atoms with Gasteiger partial charge in [-0.05, 0) is 49.4 Å². The second-order valence-corrected chi connectivity index (χ2v) is 9.26. The summed E-state index contributed by atoms with van der Waals surface area (Å²) in [6, 6.07) is 12.9. The fourth-order valence-corrected chi connectivity index (χ4v) is 5.07. The van der Waals surface area contributed by atoms with Crippen molar-refractivity contribution in [3.8, 4) is 5.75 Å². The number of aliphatic imine (C=N–C) groups is 2. The van der Waals surface area contributed by atoms with Crippen molar-refractivity contribution in [2.45, 2.75) is 12.2 Å². The zero-order chi connectivity index (χ0) is 22.7. The second-order valence-electron chi connectivity index (χ2n) is 6.58. The third kappa shape index (κ3) is 5.00. The first kappa shape index (κ1) is 22.4. The summed E-state index contributed by atoms with van der Waals surface area (Å²) < 4.78 is 19.2. The Morgan fingerprint density at radius 2 is 2.06 bits per heavy atom. The van der Waals surface area contributed by atoms with Crippen LogP contribution in [0.5, 0.6) is 5.75 Å². The van der Waals surface area contributed by atoms with Gasteiger partial charge in [-0.2, -0.15) is 4.99 Å². The molecule has 4 rings (SSSR count). The summed E-state index contributed by atoms with van der Waals surface area (Å²) in [5, 5.41) is 2.17. The molecule has 2 aliphatic rings. The summed E-state index contributed by atoms with van der Waals surface area (Å²) in [6.07, 6.45) is 0. The molecule has 1 saturated heterocycles. The van der Waals surface area contributed by atoms with Crippen LogP contribution in [0.1, 0.15) is 6.92 Å². The molecule has 1 unspecified atom stereocenters. The Morgan fingerprint density at radius 3 is 2.78 bits per heavy atom. The van der Waals surface area contributed by atoms with Gasteiger partial charge in [-0.3, -0.25) is 14.5 Å². The van der Waals surface area contributed by atoms with Crippen molar-refractivity contribution in [1.82, 2.24) is 0 Å². The molecule has 0 aromatic heterocycles. The first-order valence-corrected chi connectivity index (χ1v) is 11.8. The van der Waals surface area contributed by atoms with Crippen LogP contribution in [0.15, 0.2) is 58.5 Å². The molecule has 2 heterocycles. The van der Waals surface area contributed by atoms with E-state index in [2.05, 4.69) is 15.3 Å². The van der Waals surface area contributed by atoms with E-state index in [-0.39, 0.29) is 22.7 Å². The average molecular weight is 489 g/mol. The number of nitrogens with zero attached hydrogens (tertiary/aromatic N) is 3. The molecule has 0 bridgehead atoms. The van der Waals surface area contributed by atoms with Gasteiger partial charge >= 0.3 is 0 Å². The summed E-state index contributed by atoms with van der Waals surface area (Å²) in [5.74, 6) is -0.0163. The molecule has 2 aliphatic heterocycles. The Morgan fingerprint density at radius 1 is 1.28 bits per heavy atom. The molecule has 0 spiro atoms. The van der Waals surface area contributed by atoms with Crippen molar-refractivity contribution in [3.63, 3.8) is 0 Å². The van der Waals surface area contributed by atoms with Crippen LogP contribution < -0.4 is 15.0 Å². The van der Waals surface area contributed by atoms with E-state index in [9.17, 15) is 14.0 Å². The number of ether oxygens (including phenoxy) is 1. The smallest absolute Gasteiger partial charge is 0.269 e. The molecule has 11 heteroatoms. The predicted octanol–water partition coefficient (Wildman–Crippen LogP) is 4.10. The molecule has 2 aromatic rings. The van der Waals surface area contributed by atoms with Gasteiger partial charge in [0.25, 0.3) is 5.91 Å². The van der Waals surface area contributed by atoms with Gasteiger partial charge in [0.1, 0.15) is 21.7 Å². The summed E-state index contributed by atoms with van der Waals surface area (Å²) in [7, 11) is 0.